The number of aryl methyl sites for hydroxylation is 2. The average Bonchev–Trinajstić information content (AvgIpc) is 3.62. The summed E-state index contributed by atoms with van der Waals surface area (Å²) in [5.41, 5.74) is 4.69. The first-order valence-corrected chi connectivity index (χ1v) is 14.0. The van der Waals surface area contributed by atoms with E-state index in [0.717, 1.165) is 41.0 Å². The largest absolute Gasteiger partial charge is 0.345 e. The van der Waals surface area contributed by atoms with Crippen molar-refractivity contribution < 1.29 is 18.0 Å². The second-order valence-electron chi connectivity index (χ2n) is 10.1. The molecule has 1 saturated heterocycles. The van der Waals surface area contributed by atoms with E-state index in [1.54, 1.807) is 23.1 Å². The van der Waals surface area contributed by atoms with Crippen LogP contribution < -0.4 is 4.90 Å². The number of sulfonamides is 1. The molecule has 188 valence electrons. The maximum Gasteiger partial charge on any atom is 0.243 e. The zero-order chi connectivity index (χ0) is 24.9. The summed E-state index contributed by atoms with van der Waals surface area (Å²) >= 11 is 0. The molecule has 5 rings (SSSR count). The number of aromatic nitrogens is 1. The van der Waals surface area contributed by atoms with Crippen molar-refractivity contribution in [1.29, 1.82) is 0 Å². The van der Waals surface area contributed by atoms with Crippen molar-refractivity contribution in [1.82, 2.24) is 13.8 Å². The normalized spacial score (nSPS) is 19.6. The Morgan fingerprint density at radius 2 is 1.71 bits per heavy atom. The minimum absolute atomic E-state index is 0.0262. The van der Waals surface area contributed by atoms with Gasteiger partial charge in [0.25, 0.3) is 0 Å². The number of carbonyl (C=O) groups excluding carboxylic acids is 2. The zero-order valence-electron chi connectivity index (χ0n) is 20.8. The fourth-order valence-corrected chi connectivity index (χ4v) is 7.05. The molecule has 2 aromatic rings. The molecule has 2 aliphatic heterocycles. The van der Waals surface area contributed by atoms with Crippen LogP contribution in [0.5, 0.6) is 0 Å². The molecule has 1 aromatic carbocycles. The SMILES string of the molecule is CC(=O)N1CCCc2cc(S(=O)(=O)N3CCN(CC(=O)c4cc(C)n(C5CC5)c4C)CC3)ccc21. The lowest BCUT2D eigenvalue weighted by atomic mass is 10.0. The lowest BCUT2D eigenvalue weighted by Crippen LogP contribution is -2.49. The highest BCUT2D eigenvalue weighted by molar-refractivity contribution is 7.89. The number of amides is 1. The van der Waals surface area contributed by atoms with E-state index in [-0.39, 0.29) is 16.6 Å². The Kier molecular flexibility index (Phi) is 6.35. The van der Waals surface area contributed by atoms with Crippen LogP contribution in [0, 0.1) is 13.8 Å². The van der Waals surface area contributed by atoms with Gasteiger partial charge in [-0.25, -0.2) is 8.42 Å². The van der Waals surface area contributed by atoms with E-state index >= 15 is 0 Å². The summed E-state index contributed by atoms with van der Waals surface area (Å²) in [7, 11) is -3.63. The van der Waals surface area contributed by atoms with Gasteiger partial charge in [0, 0.05) is 68.3 Å². The molecule has 0 radical (unpaired) electrons. The Balaban J connectivity index is 1.24. The average molecular weight is 499 g/mol. The van der Waals surface area contributed by atoms with Gasteiger partial charge in [0.1, 0.15) is 0 Å². The third-order valence-corrected chi connectivity index (χ3v) is 9.48. The standard InChI is InChI=1S/C26H34N4O4S/c1-18-15-24(19(2)30(18)22-6-7-22)26(32)17-27-11-13-28(14-12-27)35(33,34)23-8-9-25-21(16-23)5-4-10-29(25)20(3)31/h8-9,15-16,22H,4-7,10-14,17H2,1-3H3. The highest BCUT2D eigenvalue weighted by Gasteiger charge is 2.32. The summed E-state index contributed by atoms with van der Waals surface area (Å²) in [5, 5.41) is 0. The van der Waals surface area contributed by atoms with Crippen LogP contribution in [-0.4, -0.2) is 73.1 Å². The van der Waals surface area contributed by atoms with Crippen molar-refractivity contribution in [2.24, 2.45) is 0 Å². The quantitative estimate of drug-likeness (QED) is 0.572. The van der Waals surface area contributed by atoms with E-state index in [9.17, 15) is 18.0 Å². The maximum atomic E-state index is 13.4. The van der Waals surface area contributed by atoms with Crippen LogP contribution in [0.4, 0.5) is 5.69 Å². The second kappa shape index (κ2) is 9.19. The number of carbonyl (C=O) groups is 2. The first-order valence-electron chi connectivity index (χ1n) is 12.5. The molecule has 1 saturated carbocycles. The molecule has 1 aromatic heterocycles. The van der Waals surface area contributed by atoms with E-state index in [1.807, 2.05) is 13.0 Å². The molecule has 8 nitrogen and oxygen atoms in total. The Morgan fingerprint density at radius 3 is 2.37 bits per heavy atom. The van der Waals surface area contributed by atoms with Gasteiger partial charge in [-0.3, -0.25) is 14.5 Å². The van der Waals surface area contributed by atoms with Crippen molar-refractivity contribution in [2.75, 3.05) is 44.2 Å². The molecule has 3 heterocycles. The highest BCUT2D eigenvalue weighted by Crippen LogP contribution is 2.38. The van der Waals surface area contributed by atoms with Gasteiger partial charge < -0.3 is 9.47 Å². The predicted molar refractivity (Wildman–Crippen MR) is 134 cm³/mol. The molecule has 3 aliphatic rings. The smallest absolute Gasteiger partial charge is 0.243 e. The number of nitrogens with zero attached hydrogens (tertiary/aromatic N) is 4. The maximum absolute atomic E-state index is 13.4. The van der Waals surface area contributed by atoms with Crippen LogP contribution in [0.15, 0.2) is 29.2 Å². The molecule has 0 N–H and O–H groups in total. The Morgan fingerprint density at radius 1 is 1.00 bits per heavy atom. The third-order valence-electron chi connectivity index (χ3n) is 7.58. The highest BCUT2D eigenvalue weighted by atomic mass is 32.2. The lowest BCUT2D eigenvalue weighted by Gasteiger charge is -2.34. The molecule has 0 bridgehead atoms. The number of rotatable bonds is 6. The Hall–Kier alpha value is -2.49. The Labute approximate surface area is 207 Å². The van der Waals surface area contributed by atoms with Gasteiger partial charge in [-0.2, -0.15) is 4.31 Å². The van der Waals surface area contributed by atoms with Gasteiger partial charge in [-0.15, -0.1) is 0 Å². The van der Waals surface area contributed by atoms with Crippen LogP contribution in [0.1, 0.15) is 59.5 Å². The van der Waals surface area contributed by atoms with E-state index in [0.29, 0.717) is 45.3 Å². The fourth-order valence-electron chi connectivity index (χ4n) is 5.58. The number of fused-ring (bicyclic) bond motifs is 1. The van der Waals surface area contributed by atoms with E-state index in [4.69, 9.17) is 0 Å². The molecule has 2 fully saturated rings. The third kappa shape index (κ3) is 4.57. The van der Waals surface area contributed by atoms with Crippen molar-refractivity contribution in [3.8, 4) is 0 Å². The van der Waals surface area contributed by atoms with E-state index in [1.165, 1.54) is 24.1 Å². The van der Waals surface area contributed by atoms with Crippen molar-refractivity contribution >= 4 is 27.4 Å². The fraction of sp³-hybridized carbons (Fsp3) is 0.538. The molecule has 0 atom stereocenters. The minimum atomic E-state index is -3.63. The lowest BCUT2D eigenvalue weighted by molar-refractivity contribution is -0.116. The van der Waals surface area contributed by atoms with Gasteiger partial charge >= 0.3 is 0 Å². The molecule has 9 heteroatoms. The topological polar surface area (TPSA) is 82.9 Å². The Bertz CT molecular complexity index is 1270. The van der Waals surface area contributed by atoms with Gasteiger partial charge in [0.05, 0.1) is 11.4 Å². The number of hydrogen-bond acceptors (Lipinski definition) is 5. The first-order chi connectivity index (χ1) is 16.7. The van der Waals surface area contributed by atoms with Gasteiger partial charge in [-0.05, 0) is 69.4 Å². The number of piperazine rings is 1. The number of ketones is 1. The molecule has 0 unspecified atom stereocenters. The summed E-state index contributed by atoms with van der Waals surface area (Å²) in [6.07, 6.45) is 3.95. The van der Waals surface area contributed by atoms with Crippen LogP contribution in [0.25, 0.3) is 0 Å². The molecular weight excluding hydrogens is 464 g/mol. The second-order valence-corrected chi connectivity index (χ2v) is 12.0. The van der Waals surface area contributed by atoms with Crippen LogP contribution >= 0.6 is 0 Å². The van der Waals surface area contributed by atoms with Gasteiger partial charge in [0.15, 0.2) is 5.78 Å². The molecule has 0 spiro atoms. The van der Waals surface area contributed by atoms with Crippen molar-refractivity contribution in [3.05, 3.63) is 46.8 Å². The van der Waals surface area contributed by atoms with Gasteiger partial charge in [0.2, 0.25) is 15.9 Å². The minimum Gasteiger partial charge on any atom is -0.345 e. The van der Waals surface area contributed by atoms with Crippen LogP contribution in [-0.2, 0) is 21.2 Å². The zero-order valence-corrected chi connectivity index (χ0v) is 21.6. The monoisotopic (exact) mass is 498 g/mol. The van der Waals surface area contributed by atoms with Crippen LogP contribution in [0.2, 0.25) is 0 Å². The summed E-state index contributed by atoms with van der Waals surface area (Å²) in [6, 6.07) is 7.64. The molecular formula is C26H34N4O4S. The summed E-state index contributed by atoms with van der Waals surface area (Å²) < 4.78 is 30.5. The molecule has 1 amide bonds. The number of benzene rings is 1. The van der Waals surface area contributed by atoms with E-state index < -0.39 is 10.0 Å². The first kappa shape index (κ1) is 24.2. The molecule has 35 heavy (non-hydrogen) atoms. The van der Waals surface area contributed by atoms with Crippen molar-refractivity contribution in [2.45, 2.75) is 57.4 Å². The summed E-state index contributed by atoms with van der Waals surface area (Å²) in [6.45, 7) is 8.35. The van der Waals surface area contributed by atoms with Crippen LogP contribution in [0.3, 0.4) is 0 Å². The molecule has 1 aliphatic carbocycles. The summed E-state index contributed by atoms with van der Waals surface area (Å²) in [5.74, 6) is 0.0766. The van der Waals surface area contributed by atoms with Gasteiger partial charge in [-0.1, -0.05) is 0 Å². The van der Waals surface area contributed by atoms with Crippen molar-refractivity contribution in [3.63, 3.8) is 0 Å². The number of anilines is 1. The predicted octanol–water partition coefficient (Wildman–Crippen LogP) is 2.93. The number of hydrogen-bond donors (Lipinski definition) is 0. The summed E-state index contributed by atoms with van der Waals surface area (Å²) in [4.78, 5) is 29.0. The van der Waals surface area contributed by atoms with E-state index in [2.05, 4.69) is 16.4 Å². The number of Topliss-reactive ketones (excluding diaryl/α,β-unsaturated/α-hetero) is 1.